The minimum atomic E-state index is 0.0269. The van der Waals surface area contributed by atoms with E-state index < -0.39 is 0 Å². The largest absolute Gasteiger partial charge is 0.299 e. The molecule has 1 aliphatic rings. The average molecular weight is 310 g/mol. The Labute approximate surface area is 139 Å². The molecular weight excluding hydrogens is 284 g/mol. The lowest BCUT2D eigenvalue weighted by atomic mass is 9.99. The molecule has 2 heteroatoms. The number of rotatable bonds is 11. The maximum absolute atomic E-state index is 11.9. The number of Topliss-reactive ketones (excluding diaryl/α,β-unsaturated/α-hetero) is 2. The average Bonchev–Trinajstić information content (AvgIpc) is 3.12. The Morgan fingerprint density at radius 2 is 1.30 bits per heavy atom. The van der Waals surface area contributed by atoms with Gasteiger partial charge in [-0.3, -0.25) is 9.59 Å². The van der Waals surface area contributed by atoms with Gasteiger partial charge in [0.15, 0.2) is 5.78 Å². The first-order valence-electron chi connectivity index (χ1n) is 8.73. The molecule has 1 aromatic rings. The van der Waals surface area contributed by atoms with Gasteiger partial charge >= 0.3 is 0 Å². The lowest BCUT2D eigenvalue weighted by Crippen LogP contribution is -2.07. The van der Waals surface area contributed by atoms with Crippen LogP contribution in [0.4, 0.5) is 0 Å². The maximum Gasteiger partial charge on any atom is 0.162 e. The topological polar surface area (TPSA) is 34.1 Å². The second-order valence-corrected chi connectivity index (χ2v) is 6.17. The molecule has 0 saturated carbocycles. The van der Waals surface area contributed by atoms with E-state index in [9.17, 15) is 9.59 Å². The first kappa shape index (κ1) is 17.4. The van der Waals surface area contributed by atoms with E-state index in [4.69, 9.17) is 0 Å². The molecule has 2 nitrogen and oxygen atoms in total. The summed E-state index contributed by atoms with van der Waals surface area (Å²) in [5, 5.41) is 0. The van der Waals surface area contributed by atoms with Crippen LogP contribution >= 0.6 is 0 Å². The van der Waals surface area contributed by atoms with Crippen LogP contribution in [-0.4, -0.2) is 11.6 Å². The number of hydrogen-bond acceptors (Lipinski definition) is 2. The van der Waals surface area contributed by atoms with E-state index in [1.54, 1.807) is 0 Å². The molecule has 0 radical (unpaired) electrons. The quantitative estimate of drug-likeness (QED) is 0.410. The maximum atomic E-state index is 11.9. The fourth-order valence-corrected chi connectivity index (χ4v) is 2.87. The van der Waals surface area contributed by atoms with Gasteiger partial charge in [-0.2, -0.15) is 0 Å². The molecule has 122 valence electrons. The summed E-state index contributed by atoms with van der Waals surface area (Å²) in [6, 6.07) is 9.51. The molecule has 0 aromatic heterocycles. The van der Waals surface area contributed by atoms with Crippen LogP contribution in [0.2, 0.25) is 0 Å². The number of ketones is 2. The summed E-state index contributed by atoms with van der Waals surface area (Å²) in [5.74, 6) is 0.608. The molecule has 0 spiro atoms. The third-order valence-electron chi connectivity index (χ3n) is 4.29. The van der Waals surface area contributed by atoms with Crippen LogP contribution in [0.25, 0.3) is 0 Å². The summed E-state index contributed by atoms with van der Waals surface area (Å²) >= 11 is 0. The highest BCUT2D eigenvalue weighted by atomic mass is 16.1. The zero-order valence-corrected chi connectivity index (χ0v) is 13.7. The van der Waals surface area contributed by atoms with Crippen molar-refractivity contribution in [2.24, 2.45) is 5.92 Å². The molecule has 0 saturated heterocycles. The Kier molecular flexibility index (Phi) is 7.51. The molecule has 0 unspecified atom stereocenters. The second-order valence-electron chi connectivity index (χ2n) is 6.17. The van der Waals surface area contributed by atoms with E-state index in [1.165, 1.54) is 0 Å². The molecule has 0 aliphatic heterocycles. The smallest absolute Gasteiger partial charge is 0.162 e. The highest BCUT2D eigenvalue weighted by molar-refractivity contribution is 5.95. The minimum Gasteiger partial charge on any atom is -0.299 e. The summed E-state index contributed by atoms with van der Waals surface area (Å²) in [5.41, 5.74) is 0.820. The van der Waals surface area contributed by atoms with Gasteiger partial charge in [-0.05, 0) is 12.8 Å². The molecule has 0 N–H and O–H groups in total. The van der Waals surface area contributed by atoms with Gasteiger partial charge in [-0.25, -0.2) is 0 Å². The van der Waals surface area contributed by atoms with Crippen molar-refractivity contribution in [1.29, 1.82) is 0 Å². The highest BCUT2D eigenvalue weighted by Gasteiger charge is 2.13. The minimum absolute atomic E-state index is 0.0269. The molecule has 0 heterocycles. The van der Waals surface area contributed by atoms with Crippen LogP contribution in [0.5, 0.6) is 0 Å². The van der Waals surface area contributed by atoms with Gasteiger partial charge in [-0.15, -0.1) is 0 Å². The Morgan fingerprint density at radius 1 is 0.739 bits per heavy atom. The zero-order chi connectivity index (χ0) is 16.3. The van der Waals surface area contributed by atoms with Gasteiger partial charge in [0.1, 0.15) is 5.78 Å². The van der Waals surface area contributed by atoms with Crippen molar-refractivity contribution in [3.63, 3.8) is 0 Å². The lowest BCUT2D eigenvalue weighted by molar-refractivity contribution is -0.120. The zero-order valence-electron chi connectivity index (χ0n) is 13.7. The molecule has 0 fully saturated rings. The van der Waals surface area contributed by atoms with Crippen LogP contribution in [0.15, 0.2) is 54.6 Å². The number of benzene rings is 1. The molecule has 2 rings (SSSR count). The first-order valence-corrected chi connectivity index (χ1v) is 8.73. The van der Waals surface area contributed by atoms with Gasteiger partial charge in [0.05, 0.1) is 5.92 Å². The van der Waals surface area contributed by atoms with Crippen molar-refractivity contribution in [2.45, 2.75) is 51.4 Å². The van der Waals surface area contributed by atoms with Crippen LogP contribution in [0.1, 0.15) is 61.7 Å². The Morgan fingerprint density at radius 3 is 1.96 bits per heavy atom. The fourth-order valence-electron chi connectivity index (χ4n) is 2.87. The summed E-state index contributed by atoms with van der Waals surface area (Å²) in [6.45, 7) is 0. The van der Waals surface area contributed by atoms with Crippen molar-refractivity contribution in [2.75, 3.05) is 0 Å². The van der Waals surface area contributed by atoms with Gasteiger partial charge < -0.3 is 0 Å². The van der Waals surface area contributed by atoms with Crippen LogP contribution in [0, 0.1) is 5.92 Å². The fraction of sp³-hybridized carbons (Fsp3) is 0.429. The number of unbranched alkanes of at least 4 members (excludes halogenated alkanes) is 5. The molecule has 0 atom stereocenters. The van der Waals surface area contributed by atoms with E-state index in [1.807, 2.05) is 54.6 Å². The Bertz CT molecular complexity index is 542. The van der Waals surface area contributed by atoms with Crippen molar-refractivity contribution < 1.29 is 9.59 Å². The van der Waals surface area contributed by atoms with Gasteiger partial charge in [0.25, 0.3) is 0 Å². The normalized spacial score (nSPS) is 13.6. The number of carbonyl (C=O) groups excluding carboxylic acids is 2. The third kappa shape index (κ3) is 6.35. The molecule has 1 aromatic carbocycles. The van der Waals surface area contributed by atoms with Crippen molar-refractivity contribution in [3.05, 3.63) is 60.2 Å². The molecule has 0 bridgehead atoms. The SMILES string of the molecule is O=C(CCCCCCCCC(=O)C1C=CC=C1)c1ccccc1. The summed E-state index contributed by atoms with van der Waals surface area (Å²) in [6.07, 6.45) is 15.6. The molecular formula is C21H26O2. The van der Waals surface area contributed by atoms with Crippen LogP contribution in [0.3, 0.4) is 0 Å². The van der Waals surface area contributed by atoms with Crippen LogP contribution < -0.4 is 0 Å². The van der Waals surface area contributed by atoms with E-state index in [2.05, 4.69) is 0 Å². The second kappa shape index (κ2) is 9.94. The van der Waals surface area contributed by atoms with E-state index >= 15 is 0 Å². The van der Waals surface area contributed by atoms with Crippen molar-refractivity contribution in [3.8, 4) is 0 Å². The van der Waals surface area contributed by atoms with Gasteiger partial charge in [0, 0.05) is 18.4 Å². The van der Waals surface area contributed by atoms with E-state index in [0.717, 1.165) is 44.1 Å². The summed E-state index contributed by atoms with van der Waals surface area (Å²) in [4.78, 5) is 23.8. The Balaban J connectivity index is 1.45. The molecule has 23 heavy (non-hydrogen) atoms. The molecule has 1 aliphatic carbocycles. The summed E-state index contributed by atoms with van der Waals surface area (Å²) < 4.78 is 0. The first-order chi connectivity index (χ1) is 11.3. The summed E-state index contributed by atoms with van der Waals surface area (Å²) in [7, 11) is 0. The van der Waals surface area contributed by atoms with Crippen LogP contribution in [-0.2, 0) is 4.79 Å². The van der Waals surface area contributed by atoms with E-state index in [0.29, 0.717) is 18.6 Å². The molecule has 0 amide bonds. The lowest BCUT2D eigenvalue weighted by Gasteiger charge is -2.05. The number of allylic oxidation sites excluding steroid dienone is 4. The predicted octanol–water partition coefficient (Wildman–Crippen LogP) is 5.30. The third-order valence-corrected chi connectivity index (χ3v) is 4.29. The Hall–Kier alpha value is -1.96. The van der Waals surface area contributed by atoms with Crippen molar-refractivity contribution >= 4 is 11.6 Å². The number of carbonyl (C=O) groups is 2. The van der Waals surface area contributed by atoms with Gasteiger partial charge in [-0.1, -0.05) is 80.3 Å². The van der Waals surface area contributed by atoms with Crippen molar-refractivity contribution in [1.82, 2.24) is 0 Å². The van der Waals surface area contributed by atoms with Gasteiger partial charge in [0.2, 0.25) is 0 Å². The highest BCUT2D eigenvalue weighted by Crippen LogP contribution is 2.16. The standard InChI is InChI=1S/C21H26O2/c22-20(18-12-6-5-7-13-18)16-8-3-1-2-4-9-17-21(23)19-14-10-11-15-19/h5-7,10-15,19H,1-4,8-9,16-17H2. The number of hydrogen-bond donors (Lipinski definition) is 0. The monoisotopic (exact) mass is 310 g/mol. The van der Waals surface area contributed by atoms with E-state index in [-0.39, 0.29) is 11.7 Å². The predicted molar refractivity (Wildman–Crippen MR) is 94.5 cm³/mol.